The molecular formula is C29H39N3O5SSi. The highest BCUT2D eigenvalue weighted by atomic mass is 32.2. The highest BCUT2D eigenvalue weighted by Gasteiger charge is 2.44. The molecule has 0 aliphatic carbocycles. The van der Waals surface area contributed by atoms with E-state index >= 15 is 0 Å². The minimum atomic E-state index is -4.02. The zero-order valence-corrected chi connectivity index (χ0v) is 25.1. The first-order valence-electron chi connectivity index (χ1n) is 13.6. The summed E-state index contributed by atoms with van der Waals surface area (Å²) in [4.78, 5) is 26.8. The molecule has 0 radical (unpaired) electrons. The van der Waals surface area contributed by atoms with E-state index in [9.17, 15) is 18.0 Å². The number of piperidine rings is 1. The number of hydrogen-bond acceptors (Lipinski definition) is 5. The molecule has 0 aromatic heterocycles. The van der Waals surface area contributed by atoms with Gasteiger partial charge in [-0.3, -0.25) is 9.59 Å². The first-order chi connectivity index (χ1) is 18.5. The highest BCUT2D eigenvalue weighted by molar-refractivity contribution is 7.91. The summed E-state index contributed by atoms with van der Waals surface area (Å²) in [6.45, 7) is 9.02. The van der Waals surface area contributed by atoms with Crippen LogP contribution in [0.1, 0.15) is 37.3 Å². The second-order valence-corrected chi connectivity index (χ2v) is 18.8. The van der Waals surface area contributed by atoms with Crippen LogP contribution in [0.5, 0.6) is 5.75 Å². The number of carbonyl (C=O) groups is 2. The van der Waals surface area contributed by atoms with Gasteiger partial charge in [0.2, 0.25) is 5.91 Å². The summed E-state index contributed by atoms with van der Waals surface area (Å²) in [6, 6.07) is 15.7. The largest absolute Gasteiger partial charge is 0.487 e. The van der Waals surface area contributed by atoms with Crippen LogP contribution in [0, 0.1) is 0 Å². The summed E-state index contributed by atoms with van der Waals surface area (Å²) < 4.78 is 35.4. The van der Waals surface area contributed by atoms with E-state index in [4.69, 9.17) is 4.74 Å². The highest BCUT2D eigenvalue weighted by Crippen LogP contribution is 2.36. The van der Waals surface area contributed by atoms with Crippen molar-refractivity contribution in [1.29, 1.82) is 0 Å². The van der Waals surface area contributed by atoms with E-state index in [0.29, 0.717) is 17.5 Å². The Bertz CT molecular complexity index is 1320. The molecule has 8 nitrogen and oxygen atoms in total. The van der Waals surface area contributed by atoms with Gasteiger partial charge in [-0.2, -0.15) is 8.42 Å². The molecule has 2 amide bonds. The van der Waals surface area contributed by atoms with Crippen molar-refractivity contribution in [1.82, 2.24) is 9.21 Å². The molecule has 1 atom stereocenters. The van der Waals surface area contributed by atoms with Crippen LogP contribution in [-0.2, 0) is 26.4 Å². The van der Waals surface area contributed by atoms with Crippen molar-refractivity contribution in [2.45, 2.75) is 64.5 Å². The van der Waals surface area contributed by atoms with E-state index in [1.165, 1.54) is 0 Å². The molecule has 2 aliphatic rings. The van der Waals surface area contributed by atoms with Gasteiger partial charge >= 0.3 is 10.2 Å². The minimum absolute atomic E-state index is 0.0288. The predicted octanol–water partition coefficient (Wildman–Crippen LogP) is 4.91. The minimum Gasteiger partial charge on any atom is -0.487 e. The van der Waals surface area contributed by atoms with Crippen molar-refractivity contribution in [3.8, 4) is 5.75 Å². The molecule has 2 aromatic carbocycles. The molecule has 2 fully saturated rings. The Morgan fingerprint density at radius 1 is 1.10 bits per heavy atom. The fourth-order valence-electron chi connectivity index (χ4n) is 4.88. The Labute approximate surface area is 233 Å². The van der Waals surface area contributed by atoms with Gasteiger partial charge in [0.05, 0.1) is 11.7 Å². The number of carbonyl (C=O) groups excluding carboxylic acids is 2. The van der Waals surface area contributed by atoms with Crippen molar-refractivity contribution in [3.63, 3.8) is 0 Å². The molecule has 0 bridgehead atoms. The van der Waals surface area contributed by atoms with Gasteiger partial charge in [0.15, 0.2) is 0 Å². The van der Waals surface area contributed by atoms with E-state index in [1.54, 1.807) is 19.1 Å². The number of hydrogen-bond donors (Lipinski definition) is 0. The van der Waals surface area contributed by atoms with E-state index < -0.39 is 24.2 Å². The molecule has 39 heavy (non-hydrogen) atoms. The van der Waals surface area contributed by atoms with E-state index in [2.05, 4.69) is 19.6 Å². The van der Waals surface area contributed by atoms with Crippen molar-refractivity contribution in [3.05, 3.63) is 65.7 Å². The third-order valence-corrected chi connectivity index (χ3v) is 10.7. The molecular weight excluding hydrogens is 530 g/mol. The van der Waals surface area contributed by atoms with E-state index in [0.717, 1.165) is 45.5 Å². The number of amides is 2. The van der Waals surface area contributed by atoms with Crippen LogP contribution in [0.3, 0.4) is 0 Å². The van der Waals surface area contributed by atoms with Gasteiger partial charge in [0.1, 0.15) is 18.9 Å². The maximum Gasteiger partial charge on any atom is 0.329 e. The first kappa shape index (κ1) is 28.9. The van der Waals surface area contributed by atoms with Gasteiger partial charge in [0.25, 0.3) is 5.91 Å². The van der Waals surface area contributed by atoms with Crippen LogP contribution >= 0.6 is 0 Å². The average Bonchev–Trinajstić information content (AvgIpc) is 3.12. The first-order valence-corrected chi connectivity index (χ1v) is 18.7. The number of anilines is 1. The lowest BCUT2D eigenvalue weighted by atomic mass is 10.0. The van der Waals surface area contributed by atoms with Crippen LogP contribution in [0.15, 0.2) is 54.6 Å². The maximum atomic E-state index is 13.5. The summed E-state index contributed by atoms with van der Waals surface area (Å²) in [5, 5.41) is 0. The molecule has 2 aliphatic heterocycles. The van der Waals surface area contributed by atoms with Crippen LogP contribution in [0.4, 0.5) is 5.69 Å². The number of likely N-dealkylation sites (tertiary alicyclic amines) is 1. The third-order valence-electron chi connectivity index (χ3n) is 7.13. The number of nitrogens with zero attached hydrogens (tertiary/aromatic N) is 3. The normalized spacial score (nSPS) is 19.6. The molecule has 2 saturated heterocycles. The Balaban J connectivity index is 1.63. The predicted molar refractivity (Wildman–Crippen MR) is 157 cm³/mol. The summed E-state index contributed by atoms with van der Waals surface area (Å²) >= 11 is 0. The van der Waals surface area contributed by atoms with Crippen LogP contribution < -0.4 is 9.04 Å². The van der Waals surface area contributed by atoms with Gasteiger partial charge in [-0.15, -0.1) is 0 Å². The van der Waals surface area contributed by atoms with Crippen LogP contribution in [0.25, 0.3) is 6.08 Å². The number of benzene rings is 2. The van der Waals surface area contributed by atoms with Crippen molar-refractivity contribution >= 4 is 41.9 Å². The molecule has 2 aromatic rings. The molecule has 1 unspecified atom stereocenters. The van der Waals surface area contributed by atoms with Gasteiger partial charge in [0, 0.05) is 28.1 Å². The lowest BCUT2D eigenvalue weighted by Crippen LogP contribution is -2.41. The van der Waals surface area contributed by atoms with Crippen molar-refractivity contribution in [2.75, 3.05) is 23.9 Å². The number of rotatable bonds is 9. The van der Waals surface area contributed by atoms with Gasteiger partial charge < -0.3 is 9.64 Å². The smallest absolute Gasteiger partial charge is 0.329 e. The Hall–Kier alpha value is -3.11. The number of ether oxygens (including phenoxy) is 1. The Kier molecular flexibility index (Phi) is 8.85. The molecule has 0 spiro atoms. The monoisotopic (exact) mass is 569 g/mol. The summed E-state index contributed by atoms with van der Waals surface area (Å²) in [5.41, 5.74) is 2.12. The van der Waals surface area contributed by atoms with E-state index in [1.807, 2.05) is 53.5 Å². The molecule has 10 heteroatoms. The van der Waals surface area contributed by atoms with Crippen molar-refractivity contribution < 1.29 is 22.7 Å². The molecule has 2 heterocycles. The Morgan fingerprint density at radius 2 is 1.85 bits per heavy atom. The second-order valence-electron chi connectivity index (χ2n) is 11.4. The van der Waals surface area contributed by atoms with Gasteiger partial charge in [-0.05, 0) is 48.6 Å². The SMILES string of the molecule is CC(=O)N1CCCCC1C=Cc1ccc(N2CC(=O)N(CC[Si](C)(C)C)S2(=O)=O)c(OCc2ccccc2)c1. The quantitative estimate of drug-likeness (QED) is 0.401. The summed E-state index contributed by atoms with van der Waals surface area (Å²) in [7, 11) is -5.58. The van der Waals surface area contributed by atoms with Crippen molar-refractivity contribution in [2.24, 2.45) is 0 Å². The standard InChI is InChI=1S/C29H39N3O5SSi/c1-23(33)30-17-9-8-12-26(30)15-13-24-14-16-27(28(20-24)37-22-25-10-6-5-7-11-25)32-21-29(34)31(38(32,35)36)18-19-39(2,3)4/h5-7,10-11,13-16,20,26H,8-9,12,17-19,21-22H2,1-4H3. The zero-order valence-electron chi connectivity index (χ0n) is 23.3. The second kappa shape index (κ2) is 12.0. The topological polar surface area (TPSA) is 87.2 Å². The zero-order chi connectivity index (χ0) is 28.2. The maximum absolute atomic E-state index is 13.5. The molecule has 0 N–H and O–H groups in total. The van der Waals surface area contributed by atoms with Gasteiger partial charge in [-0.25, -0.2) is 8.61 Å². The van der Waals surface area contributed by atoms with Crippen LogP contribution in [-0.4, -0.2) is 63.2 Å². The Morgan fingerprint density at radius 3 is 2.54 bits per heavy atom. The van der Waals surface area contributed by atoms with Crippen LogP contribution in [0.2, 0.25) is 25.7 Å². The summed E-state index contributed by atoms with van der Waals surface area (Å²) in [5.74, 6) is 0.0264. The van der Waals surface area contributed by atoms with E-state index in [-0.39, 0.29) is 31.6 Å². The van der Waals surface area contributed by atoms with Gasteiger partial charge in [-0.1, -0.05) is 68.2 Å². The fraction of sp³-hybridized carbons (Fsp3) is 0.448. The average molecular weight is 570 g/mol. The fourth-order valence-corrected chi connectivity index (χ4v) is 7.48. The lowest BCUT2D eigenvalue weighted by molar-refractivity contribution is -0.131. The molecule has 4 rings (SSSR count). The molecule has 0 saturated carbocycles. The lowest BCUT2D eigenvalue weighted by Gasteiger charge is -2.33. The third kappa shape index (κ3) is 7.10. The molecule has 210 valence electrons. The summed E-state index contributed by atoms with van der Waals surface area (Å²) in [6.07, 6.45) is 6.97.